The standard InChI is InChI=1S/C17H22O3/c1-17(12-7-5-4-6-8-12)11-20-15-10-13(18-2)9-14(19-3)16(15)17/h7,9-10H,4-6,8,11H2,1-3H3. The van der Waals surface area contributed by atoms with Gasteiger partial charge < -0.3 is 14.2 Å². The maximum Gasteiger partial charge on any atom is 0.130 e. The fraction of sp³-hybridized carbons (Fsp3) is 0.529. The Morgan fingerprint density at radius 2 is 2.00 bits per heavy atom. The maximum absolute atomic E-state index is 5.95. The average Bonchev–Trinajstić information content (AvgIpc) is 2.86. The number of methoxy groups -OCH3 is 2. The van der Waals surface area contributed by atoms with Gasteiger partial charge in [0.25, 0.3) is 0 Å². The second kappa shape index (κ2) is 5.04. The number of hydrogen-bond donors (Lipinski definition) is 0. The number of allylic oxidation sites excluding steroid dienone is 1. The molecule has 0 fully saturated rings. The third kappa shape index (κ3) is 1.96. The Morgan fingerprint density at radius 1 is 1.15 bits per heavy atom. The SMILES string of the molecule is COc1cc(OC)c2c(c1)OCC2(C)C1=CCCCC1. The molecule has 0 saturated heterocycles. The molecule has 1 atom stereocenters. The molecule has 0 saturated carbocycles. The van der Waals surface area contributed by atoms with Crippen LogP contribution in [0.4, 0.5) is 0 Å². The topological polar surface area (TPSA) is 27.7 Å². The third-order valence-electron chi connectivity index (χ3n) is 4.56. The van der Waals surface area contributed by atoms with Gasteiger partial charge in [-0.2, -0.15) is 0 Å². The van der Waals surface area contributed by atoms with Crippen LogP contribution in [0.2, 0.25) is 0 Å². The Hall–Kier alpha value is -1.64. The number of fused-ring (bicyclic) bond motifs is 1. The highest BCUT2D eigenvalue weighted by atomic mass is 16.5. The quantitative estimate of drug-likeness (QED) is 0.783. The Morgan fingerprint density at radius 3 is 2.65 bits per heavy atom. The van der Waals surface area contributed by atoms with Crippen molar-refractivity contribution >= 4 is 0 Å². The molecule has 0 aromatic heterocycles. The second-order valence-corrected chi connectivity index (χ2v) is 5.80. The summed E-state index contributed by atoms with van der Waals surface area (Å²) in [6.45, 7) is 2.96. The normalized spacial score (nSPS) is 24.6. The van der Waals surface area contributed by atoms with E-state index in [1.54, 1.807) is 14.2 Å². The van der Waals surface area contributed by atoms with Crippen molar-refractivity contribution in [2.45, 2.75) is 38.0 Å². The van der Waals surface area contributed by atoms with E-state index in [2.05, 4.69) is 13.0 Å². The van der Waals surface area contributed by atoms with Crippen LogP contribution in [0.1, 0.15) is 38.2 Å². The highest BCUT2D eigenvalue weighted by molar-refractivity contribution is 5.59. The Bertz CT molecular complexity index is 547. The van der Waals surface area contributed by atoms with Gasteiger partial charge in [-0.3, -0.25) is 0 Å². The van der Waals surface area contributed by atoms with Crippen LogP contribution in [0.5, 0.6) is 17.2 Å². The van der Waals surface area contributed by atoms with Crippen LogP contribution >= 0.6 is 0 Å². The molecule has 3 nitrogen and oxygen atoms in total. The zero-order valence-corrected chi connectivity index (χ0v) is 12.5. The first-order valence-corrected chi connectivity index (χ1v) is 7.28. The highest BCUT2D eigenvalue weighted by Crippen LogP contribution is 2.51. The number of hydrogen-bond acceptors (Lipinski definition) is 3. The predicted octanol–water partition coefficient (Wildman–Crippen LogP) is 3.85. The molecule has 1 heterocycles. The molecule has 0 bridgehead atoms. The molecule has 1 aromatic rings. The lowest BCUT2D eigenvalue weighted by atomic mass is 9.73. The summed E-state index contributed by atoms with van der Waals surface area (Å²) in [4.78, 5) is 0. The highest BCUT2D eigenvalue weighted by Gasteiger charge is 2.42. The van der Waals surface area contributed by atoms with E-state index in [0.717, 1.165) is 23.7 Å². The van der Waals surface area contributed by atoms with E-state index in [-0.39, 0.29) is 5.41 Å². The molecule has 1 aliphatic carbocycles. The van der Waals surface area contributed by atoms with Crippen molar-refractivity contribution in [3.63, 3.8) is 0 Å². The molecule has 108 valence electrons. The maximum atomic E-state index is 5.95. The molecule has 0 radical (unpaired) electrons. The lowest BCUT2D eigenvalue weighted by Gasteiger charge is -2.30. The molecular weight excluding hydrogens is 252 g/mol. The van der Waals surface area contributed by atoms with Crippen molar-refractivity contribution in [2.75, 3.05) is 20.8 Å². The van der Waals surface area contributed by atoms with Crippen molar-refractivity contribution in [2.24, 2.45) is 0 Å². The zero-order chi connectivity index (χ0) is 14.2. The van der Waals surface area contributed by atoms with Crippen LogP contribution in [0.15, 0.2) is 23.8 Å². The van der Waals surface area contributed by atoms with Crippen LogP contribution in [0.3, 0.4) is 0 Å². The molecule has 1 unspecified atom stereocenters. The van der Waals surface area contributed by atoms with Gasteiger partial charge in [-0.1, -0.05) is 11.6 Å². The largest absolute Gasteiger partial charge is 0.496 e. The second-order valence-electron chi connectivity index (χ2n) is 5.80. The first-order valence-electron chi connectivity index (χ1n) is 7.28. The summed E-state index contributed by atoms with van der Waals surface area (Å²) in [7, 11) is 3.38. The molecule has 1 aromatic carbocycles. The van der Waals surface area contributed by atoms with Gasteiger partial charge in [-0.15, -0.1) is 0 Å². The first-order chi connectivity index (χ1) is 9.69. The van der Waals surface area contributed by atoms with Crippen LogP contribution in [0.25, 0.3) is 0 Å². The summed E-state index contributed by atoms with van der Waals surface area (Å²) in [6.07, 6.45) is 7.31. The molecule has 20 heavy (non-hydrogen) atoms. The number of ether oxygens (including phenoxy) is 3. The third-order valence-corrected chi connectivity index (χ3v) is 4.56. The van der Waals surface area contributed by atoms with Gasteiger partial charge in [-0.05, 0) is 32.6 Å². The Balaban J connectivity index is 2.10. The van der Waals surface area contributed by atoms with E-state index in [1.165, 1.54) is 30.4 Å². The van der Waals surface area contributed by atoms with E-state index in [4.69, 9.17) is 14.2 Å². The minimum absolute atomic E-state index is 0.0621. The van der Waals surface area contributed by atoms with Gasteiger partial charge in [0.05, 0.1) is 19.6 Å². The van der Waals surface area contributed by atoms with Crippen LogP contribution < -0.4 is 14.2 Å². The lowest BCUT2D eigenvalue weighted by Crippen LogP contribution is -2.28. The van der Waals surface area contributed by atoms with E-state index in [1.807, 2.05) is 12.1 Å². The average molecular weight is 274 g/mol. The van der Waals surface area contributed by atoms with Crippen LogP contribution in [-0.2, 0) is 5.41 Å². The lowest BCUT2D eigenvalue weighted by molar-refractivity contribution is 0.293. The predicted molar refractivity (Wildman–Crippen MR) is 78.9 cm³/mol. The zero-order valence-electron chi connectivity index (χ0n) is 12.5. The minimum Gasteiger partial charge on any atom is -0.496 e. The van der Waals surface area contributed by atoms with Gasteiger partial charge in [0.1, 0.15) is 23.9 Å². The Kier molecular flexibility index (Phi) is 3.36. The monoisotopic (exact) mass is 274 g/mol. The number of benzene rings is 1. The number of rotatable bonds is 3. The van der Waals surface area contributed by atoms with E-state index >= 15 is 0 Å². The molecule has 0 spiro atoms. The molecular formula is C17H22O3. The van der Waals surface area contributed by atoms with Crippen molar-refractivity contribution in [1.82, 2.24) is 0 Å². The minimum atomic E-state index is -0.0621. The molecule has 1 aliphatic heterocycles. The summed E-state index contributed by atoms with van der Waals surface area (Å²) >= 11 is 0. The fourth-order valence-electron chi connectivity index (χ4n) is 3.39. The van der Waals surface area contributed by atoms with Crippen molar-refractivity contribution in [3.8, 4) is 17.2 Å². The Labute approximate surface area is 120 Å². The summed E-state index contributed by atoms with van der Waals surface area (Å²) in [5.41, 5.74) is 2.60. The van der Waals surface area contributed by atoms with Gasteiger partial charge in [0, 0.05) is 17.7 Å². The van der Waals surface area contributed by atoms with E-state index < -0.39 is 0 Å². The van der Waals surface area contributed by atoms with Gasteiger partial charge >= 0.3 is 0 Å². The first kappa shape index (κ1) is 13.3. The van der Waals surface area contributed by atoms with Crippen LogP contribution in [0, 0.1) is 0 Å². The van der Waals surface area contributed by atoms with Crippen molar-refractivity contribution in [3.05, 3.63) is 29.3 Å². The van der Waals surface area contributed by atoms with Gasteiger partial charge in [0.2, 0.25) is 0 Å². The van der Waals surface area contributed by atoms with E-state index in [9.17, 15) is 0 Å². The molecule has 0 amide bonds. The summed E-state index contributed by atoms with van der Waals surface area (Å²) in [5, 5.41) is 0. The summed E-state index contributed by atoms with van der Waals surface area (Å²) in [6, 6.07) is 3.92. The molecule has 0 N–H and O–H groups in total. The van der Waals surface area contributed by atoms with Gasteiger partial charge in [0.15, 0.2) is 0 Å². The van der Waals surface area contributed by atoms with Crippen molar-refractivity contribution < 1.29 is 14.2 Å². The summed E-state index contributed by atoms with van der Waals surface area (Å²) < 4.78 is 16.9. The molecule has 3 rings (SSSR count). The molecule has 3 heteroatoms. The fourth-order valence-corrected chi connectivity index (χ4v) is 3.39. The molecule has 2 aliphatic rings. The van der Waals surface area contributed by atoms with Crippen LogP contribution in [-0.4, -0.2) is 20.8 Å². The van der Waals surface area contributed by atoms with Crippen molar-refractivity contribution in [1.29, 1.82) is 0 Å². The summed E-state index contributed by atoms with van der Waals surface area (Å²) in [5.74, 6) is 2.54. The van der Waals surface area contributed by atoms with Gasteiger partial charge in [-0.25, -0.2) is 0 Å². The smallest absolute Gasteiger partial charge is 0.130 e. The van der Waals surface area contributed by atoms with E-state index in [0.29, 0.717) is 6.61 Å².